The highest BCUT2D eigenvalue weighted by atomic mass is 19.1. The predicted molar refractivity (Wildman–Crippen MR) is 61.8 cm³/mol. The number of rotatable bonds is 3. The number of nitrogens with two attached hydrogens (primary N) is 1. The molecule has 1 saturated carbocycles. The van der Waals surface area contributed by atoms with Crippen LogP contribution in [-0.2, 0) is 0 Å². The van der Waals surface area contributed by atoms with Crippen molar-refractivity contribution in [3.63, 3.8) is 0 Å². The van der Waals surface area contributed by atoms with E-state index in [1.807, 2.05) is 0 Å². The van der Waals surface area contributed by atoms with Crippen molar-refractivity contribution in [2.45, 2.75) is 31.7 Å². The third-order valence-electron chi connectivity index (χ3n) is 3.17. The van der Waals surface area contributed by atoms with E-state index in [-0.39, 0.29) is 5.82 Å². The molecule has 0 saturated heterocycles. The van der Waals surface area contributed by atoms with E-state index in [1.165, 1.54) is 12.1 Å². The third kappa shape index (κ3) is 3.20. The molecule has 1 aromatic rings. The van der Waals surface area contributed by atoms with Crippen molar-refractivity contribution in [1.29, 1.82) is 0 Å². The van der Waals surface area contributed by atoms with Gasteiger partial charge in [-0.25, -0.2) is 4.39 Å². The third-order valence-corrected chi connectivity index (χ3v) is 3.17. The Kier molecular flexibility index (Phi) is 3.78. The number of hydrogen-bond donors (Lipinski definition) is 1. The summed E-state index contributed by atoms with van der Waals surface area (Å²) in [6, 6.07) is 6.67. The van der Waals surface area contributed by atoms with Crippen molar-refractivity contribution in [3.8, 4) is 5.75 Å². The van der Waals surface area contributed by atoms with Crippen LogP contribution < -0.4 is 10.5 Å². The van der Waals surface area contributed by atoms with Crippen molar-refractivity contribution in [1.82, 2.24) is 0 Å². The maximum atomic E-state index is 12.9. The Morgan fingerprint density at radius 2 is 2.00 bits per heavy atom. The second-order valence-electron chi connectivity index (χ2n) is 4.55. The van der Waals surface area contributed by atoms with Crippen LogP contribution in [0.1, 0.15) is 25.7 Å². The molecule has 0 spiro atoms. The normalized spacial score (nSPS) is 25.4. The minimum absolute atomic E-state index is 0.247. The maximum absolute atomic E-state index is 12.9. The Morgan fingerprint density at radius 1 is 1.25 bits per heavy atom. The summed E-state index contributed by atoms with van der Waals surface area (Å²) in [5.41, 5.74) is 5.83. The molecule has 3 heteroatoms. The molecular formula is C13H18FNO. The smallest absolute Gasteiger partial charge is 0.126 e. The van der Waals surface area contributed by atoms with Gasteiger partial charge in [0, 0.05) is 12.1 Å². The summed E-state index contributed by atoms with van der Waals surface area (Å²) in [7, 11) is 0. The fraction of sp³-hybridized carbons (Fsp3) is 0.538. The van der Waals surface area contributed by atoms with E-state index in [2.05, 4.69) is 0 Å². The lowest BCUT2D eigenvalue weighted by Crippen LogP contribution is -2.28. The summed E-state index contributed by atoms with van der Waals surface area (Å²) in [6.45, 7) is 0.677. The Bertz CT molecular complexity index is 334. The standard InChI is InChI=1S/C13H18FNO/c14-11-2-1-3-13(8-11)16-9-10-4-6-12(15)7-5-10/h1-3,8,10,12H,4-7,9,15H2. The Labute approximate surface area is 95.6 Å². The Morgan fingerprint density at radius 3 is 2.69 bits per heavy atom. The molecule has 0 aliphatic heterocycles. The van der Waals surface area contributed by atoms with Crippen molar-refractivity contribution < 1.29 is 9.13 Å². The van der Waals surface area contributed by atoms with E-state index in [4.69, 9.17) is 10.5 Å². The summed E-state index contributed by atoms with van der Waals surface area (Å²) >= 11 is 0. The first kappa shape index (κ1) is 11.4. The lowest BCUT2D eigenvalue weighted by atomic mass is 9.87. The van der Waals surface area contributed by atoms with Crippen LogP contribution in [0.4, 0.5) is 4.39 Å². The minimum Gasteiger partial charge on any atom is -0.493 e. The van der Waals surface area contributed by atoms with Crippen LogP contribution in [0.5, 0.6) is 5.75 Å². The van der Waals surface area contributed by atoms with Crippen molar-refractivity contribution >= 4 is 0 Å². The van der Waals surface area contributed by atoms with Crippen LogP contribution in [-0.4, -0.2) is 12.6 Å². The van der Waals surface area contributed by atoms with Gasteiger partial charge in [0.25, 0.3) is 0 Å². The second-order valence-corrected chi connectivity index (χ2v) is 4.55. The zero-order valence-electron chi connectivity index (χ0n) is 9.36. The molecule has 2 N–H and O–H groups in total. The molecule has 16 heavy (non-hydrogen) atoms. The average Bonchev–Trinajstić information content (AvgIpc) is 2.28. The molecule has 1 aromatic carbocycles. The van der Waals surface area contributed by atoms with Gasteiger partial charge in [0.15, 0.2) is 0 Å². The lowest BCUT2D eigenvalue weighted by molar-refractivity contribution is 0.200. The monoisotopic (exact) mass is 223 g/mol. The van der Waals surface area contributed by atoms with Gasteiger partial charge < -0.3 is 10.5 Å². The summed E-state index contributed by atoms with van der Waals surface area (Å²) in [6.07, 6.45) is 4.40. The first-order valence-electron chi connectivity index (χ1n) is 5.88. The van der Waals surface area contributed by atoms with Crippen molar-refractivity contribution in [3.05, 3.63) is 30.1 Å². The average molecular weight is 223 g/mol. The largest absolute Gasteiger partial charge is 0.493 e. The molecule has 1 aliphatic carbocycles. The van der Waals surface area contributed by atoms with E-state index in [0.29, 0.717) is 24.3 Å². The summed E-state index contributed by atoms with van der Waals surface area (Å²) in [4.78, 5) is 0. The first-order chi connectivity index (χ1) is 7.74. The van der Waals surface area contributed by atoms with E-state index in [9.17, 15) is 4.39 Å². The zero-order chi connectivity index (χ0) is 11.4. The number of benzene rings is 1. The van der Waals surface area contributed by atoms with Crippen LogP contribution in [0.3, 0.4) is 0 Å². The van der Waals surface area contributed by atoms with Crippen molar-refractivity contribution in [2.24, 2.45) is 11.7 Å². The quantitative estimate of drug-likeness (QED) is 0.855. The van der Waals surface area contributed by atoms with Crippen LogP contribution in [0.25, 0.3) is 0 Å². The predicted octanol–water partition coefficient (Wildman–Crippen LogP) is 2.72. The summed E-state index contributed by atoms with van der Waals surface area (Å²) in [5, 5.41) is 0. The highest BCUT2D eigenvalue weighted by Crippen LogP contribution is 2.24. The molecule has 0 amide bonds. The van der Waals surface area contributed by atoms with Gasteiger partial charge in [-0.3, -0.25) is 0 Å². The SMILES string of the molecule is NC1CCC(COc2cccc(F)c2)CC1. The molecule has 2 nitrogen and oxygen atoms in total. The number of ether oxygens (including phenoxy) is 1. The molecule has 88 valence electrons. The van der Waals surface area contributed by atoms with Crippen LogP contribution in [0, 0.1) is 11.7 Å². The van der Waals surface area contributed by atoms with Crippen LogP contribution >= 0.6 is 0 Å². The fourth-order valence-electron chi connectivity index (χ4n) is 2.13. The highest BCUT2D eigenvalue weighted by molar-refractivity contribution is 5.22. The molecule has 0 radical (unpaired) electrons. The van der Waals surface area contributed by atoms with Gasteiger partial charge in [0.1, 0.15) is 11.6 Å². The van der Waals surface area contributed by atoms with Gasteiger partial charge in [-0.2, -0.15) is 0 Å². The maximum Gasteiger partial charge on any atom is 0.126 e. The van der Waals surface area contributed by atoms with Crippen LogP contribution in [0.2, 0.25) is 0 Å². The molecule has 0 heterocycles. The van der Waals surface area contributed by atoms with Gasteiger partial charge in [-0.1, -0.05) is 6.07 Å². The van der Waals surface area contributed by atoms with Crippen LogP contribution in [0.15, 0.2) is 24.3 Å². The molecule has 1 fully saturated rings. The topological polar surface area (TPSA) is 35.2 Å². The molecular weight excluding hydrogens is 205 g/mol. The molecule has 0 bridgehead atoms. The molecule has 0 unspecified atom stereocenters. The van der Waals surface area contributed by atoms with Gasteiger partial charge >= 0.3 is 0 Å². The number of hydrogen-bond acceptors (Lipinski definition) is 2. The highest BCUT2D eigenvalue weighted by Gasteiger charge is 2.18. The van der Waals surface area contributed by atoms with Gasteiger partial charge in [0.2, 0.25) is 0 Å². The Hall–Kier alpha value is -1.09. The molecule has 2 rings (SSSR count). The van der Waals surface area contributed by atoms with Gasteiger partial charge in [0.05, 0.1) is 6.61 Å². The molecule has 0 aromatic heterocycles. The summed E-state index contributed by atoms with van der Waals surface area (Å²) < 4.78 is 18.5. The number of halogens is 1. The first-order valence-corrected chi connectivity index (χ1v) is 5.88. The van der Waals surface area contributed by atoms with E-state index in [0.717, 1.165) is 25.7 Å². The zero-order valence-corrected chi connectivity index (χ0v) is 9.36. The fourth-order valence-corrected chi connectivity index (χ4v) is 2.13. The Balaban J connectivity index is 1.79. The molecule has 1 aliphatic rings. The van der Waals surface area contributed by atoms with E-state index in [1.54, 1.807) is 12.1 Å². The molecule has 0 atom stereocenters. The van der Waals surface area contributed by atoms with Gasteiger partial charge in [-0.05, 0) is 43.7 Å². The van der Waals surface area contributed by atoms with E-state index >= 15 is 0 Å². The minimum atomic E-state index is -0.247. The van der Waals surface area contributed by atoms with Crippen molar-refractivity contribution in [2.75, 3.05) is 6.61 Å². The summed E-state index contributed by atoms with van der Waals surface area (Å²) in [5.74, 6) is 0.945. The second kappa shape index (κ2) is 5.30. The van der Waals surface area contributed by atoms with E-state index < -0.39 is 0 Å². The van der Waals surface area contributed by atoms with Gasteiger partial charge in [-0.15, -0.1) is 0 Å². The lowest BCUT2D eigenvalue weighted by Gasteiger charge is -2.25.